The lowest BCUT2D eigenvalue weighted by atomic mass is 10.2. The van der Waals surface area contributed by atoms with Crippen molar-refractivity contribution in [2.75, 3.05) is 24.7 Å². The second-order valence-electron chi connectivity index (χ2n) is 5.78. The molecule has 0 spiro atoms. The molecular formula is C16H18N6S2. The van der Waals surface area contributed by atoms with Crippen molar-refractivity contribution >= 4 is 39.3 Å². The molecule has 24 heavy (non-hydrogen) atoms. The van der Waals surface area contributed by atoms with Gasteiger partial charge in [-0.05, 0) is 30.4 Å². The third-order valence-corrected chi connectivity index (χ3v) is 6.15. The number of thiazole rings is 1. The van der Waals surface area contributed by atoms with Crippen LogP contribution in [-0.4, -0.2) is 50.2 Å². The van der Waals surface area contributed by atoms with E-state index in [2.05, 4.69) is 42.3 Å². The summed E-state index contributed by atoms with van der Waals surface area (Å²) in [5, 5.41) is 3.59. The molecule has 0 bridgehead atoms. The summed E-state index contributed by atoms with van der Waals surface area (Å²) in [5.74, 6) is 0.911. The highest BCUT2D eigenvalue weighted by atomic mass is 32.2. The SMILES string of the molecule is CSc1nc2ncnc(N[C@H]3CCN(Cc4ccncc4)C3)c2s1. The number of hydrogen-bond acceptors (Lipinski definition) is 8. The summed E-state index contributed by atoms with van der Waals surface area (Å²) in [6.07, 6.45) is 8.45. The summed E-state index contributed by atoms with van der Waals surface area (Å²) < 4.78 is 2.08. The standard InChI is InChI=1S/C16H18N6S2/c1-23-16-21-15-13(24-16)14(18-10-19-15)20-12-4-7-22(9-12)8-11-2-5-17-6-3-11/h2-3,5-6,10,12H,4,7-9H2,1H3,(H,18,19,20)/t12-/m0/s1. The van der Waals surface area contributed by atoms with Crippen LogP contribution < -0.4 is 5.32 Å². The number of fused-ring (bicyclic) bond motifs is 1. The Kier molecular flexibility index (Phi) is 4.59. The number of rotatable bonds is 5. The first-order valence-corrected chi connectivity index (χ1v) is 9.89. The summed E-state index contributed by atoms with van der Waals surface area (Å²) in [6.45, 7) is 3.08. The van der Waals surface area contributed by atoms with Gasteiger partial charge in [-0.2, -0.15) is 0 Å². The normalized spacial score (nSPS) is 18.3. The van der Waals surface area contributed by atoms with E-state index in [1.807, 2.05) is 18.6 Å². The molecule has 1 saturated heterocycles. The molecule has 4 rings (SSSR count). The highest BCUT2D eigenvalue weighted by Gasteiger charge is 2.23. The molecule has 124 valence electrons. The molecule has 0 aliphatic carbocycles. The van der Waals surface area contributed by atoms with E-state index < -0.39 is 0 Å². The van der Waals surface area contributed by atoms with Crippen molar-refractivity contribution in [2.24, 2.45) is 0 Å². The fourth-order valence-electron chi connectivity index (χ4n) is 2.96. The van der Waals surface area contributed by atoms with Gasteiger partial charge in [-0.15, -0.1) is 11.3 Å². The Morgan fingerprint density at radius 3 is 3.04 bits per heavy atom. The molecule has 1 aliphatic rings. The van der Waals surface area contributed by atoms with E-state index in [4.69, 9.17) is 0 Å². The number of likely N-dealkylation sites (tertiary alicyclic amines) is 1. The van der Waals surface area contributed by atoms with Crippen molar-refractivity contribution < 1.29 is 0 Å². The molecule has 0 radical (unpaired) electrons. The molecule has 3 aromatic heterocycles. The van der Waals surface area contributed by atoms with Gasteiger partial charge in [0, 0.05) is 38.1 Å². The maximum atomic E-state index is 4.51. The van der Waals surface area contributed by atoms with Gasteiger partial charge >= 0.3 is 0 Å². The van der Waals surface area contributed by atoms with Crippen LogP contribution in [0.2, 0.25) is 0 Å². The molecule has 1 fully saturated rings. The lowest BCUT2D eigenvalue weighted by molar-refractivity contribution is 0.328. The molecule has 3 aromatic rings. The average molecular weight is 358 g/mol. The molecular weight excluding hydrogens is 340 g/mol. The summed E-state index contributed by atoms with van der Waals surface area (Å²) >= 11 is 3.30. The van der Waals surface area contributed by atoms with Crippen LogP contribution in [0.5, 0.6) is 0 Å². The first-order chi connectivity index (χ1) is 11.8. The van der Waals surface area contributed by atoms with E-state index in [-0.39, 0.29) is 0 Å². The maximum Gasteiger partial charge on any atom is 0.176 e. The Morgan fingerprint density at radius 1 is 1.33 bits per heavy atom. The molecule has 4 heterocycles. The third-order valence-electron chi connectivity index (χ3n) is 4.11. The second-order valence-corrected chi connectivity index (χ2v) is 7.83. The average Bonchev–Trinajstić information content (AvgIpc) is 3.23. The number of pyridine rings is 1. The summed E-state index contributed by atoms with van der Waals surface area (Å²) in [7, 11) is 0. The number of hydrogen-bond donors (Lipinski definition) is 1. The van der Waals surface area contributed by atoms with Crippen LogP contribution in [0, 0.1) is 0 Å². The minimum atomic E-state index is 0.407. The highest BCUT2D eigenvalue weighted by Crippen LogP contribution is 2.31. The fourth-order valence-corrected chi connectivity index (χ4v) is 4.42. The van der Waals surface area contributed by atoms with Gasteiger partial charge in [-0.1, -0.05) is 11.8 Å². The number of aromatic nitrogens is 4. The number of thioether (sulfide) groups is 1. The van der Waals surface area contributed by atoms with Gasteiger partial charge in [-0.25, -0.2) is 15.0 Å². The Morgan fingerprint density at radius 2 is 2.21 bits per heavy atom. The number of nitrogens with one attached hydrogen (secondary N) is 1. The highest BCUT2D eigenvalue weighted by molar-refractivity contribution is 8.00. The summed E-state index contributed by atoms with van der Waals surface area (Å²) in [4.78, 5) is 19.8. The monoisotopic (exact) mass is 358 g/mol. The minimum absolute atomic E-state index is 0.407. The van der Waals surface area contributed by atoms with Crippen molar-refractivity contribution in [1.82, 2.24) is 24.8 Å². The predicted octanol–water partition coefficient (Wildman–Crippen LogP) is 2.89. The molecule has 1 N–H and O–H groups in total. The van der Waals surface area contributed by atoms with Crippen LogP contribution in [0.3, 0.4) is 0 Å². The van der Waals surface area contributed by atoms with Gasteiger partial charge < -0.3 is 5.32 Å². The zero-order valence-electron chi connectivity index (χ0n) is 13.3. The first kappa shape index (κ1) is 15.7. The van der Waals surface area contributed by atoms with E-state index in [0.29, 0.717) is 6.04 Å². The van der Waals surface area contributed by atoms with Crippen LogP contribution in [0.1, 0.15) is 12.0 Å². The quantitative estimate of drug-likeness (QED) is 0.703. The topological polar surface area (TPSA) is 66.8 Å². The molecule has 0 unspecified atom stereocenters. The fraction of sp³-hybridized carbons (Fsp3) is 0.375. The molecule has 1 aliphatic heterocycles. The van der Waals surface area contributed by atoms with E-state index in [0.717, 1.165) is 46.6 Å². The molecule has 0 aromatic carbocycles. The minimum Gasteiger partial charge on any atom is -0.365 e. The summed E-state index contributed by atoms with van der Waals surface area (Å²) in [6, 6.07) is 4.57. The van der Waals surface area contributed by atoms with Gasteiger partial charge in [0.2, 0.25) is 0 Å². The van der Waals surface area contributed by atoms with Gasteiger partial charge in [0.1, 0.15) is 16.8 Å². The van der Waals surface area contributed by atoms with E-state index in [9.17, 15) is 0 Å². The van der Waals surface area contributed by atoms with Crippen LogP contribution in [0.15, 0.2) is 35.2 Å². The largest absolute Gasteiger partial charge is 0.365 e. The van der Waals surface area contributed by atoms with Crippen LogP contribution in [-0.2, 0) is 6.54 Å². The molecule has 6 nitrogen and oxygen atoms in total. The zero-order chi connectivity index (χ0) is 16.4. The van der Waals surface area contributed by atoms with Crippen molar-refractivity contribution in [3.05, 3.63) is 36.4 Å². The Bertz CT molecular complexity index is 822. The van der Waals surface area contributed by atoms with Gasteiger partial charge in [0.05, 0.1) is 0 Å². The first-order valence-electron chi connectivity index (χ1n) is 7.85. The van der Waals surface area contributed by atoms with Gasteiger partial charge in [0.25, 0.3) is 0 Å². The van der Waals surface area contributed by atoms with Gasteiger partial charge in [0.15, 0.2) is 9.99 Å². The van der Waals surface area contributed by atoms with Crippen molar-refractivity contribution in [2.45, 2.75) is 23.3 Å². The van der Waals surface area contributed by atoms with Crippen LogP contribution in [0.25, 0.3) is 10.3 Å². The number of anilines is 1. The number of nitrogens with zero attached hydrogens (tertiary/aromatic N) is 5. The lowest BCUT2D eigenvalue weighted by Gasteiger charge is -2.17. The molecule has 1 atom stereocenters. The predicted molar refractivity (Wildman–Crippen MR) is 98.5 cm³/mol. The second kappa shape index (κ2) is 7.00. The maximum absolute atomic E-state index is 4.51. The van der Waals surface area contributed by atoms with Gasteiger partial charge in [-0.3, -0.25) is 9.88 Å². The lowest BCUT2D eigenvalue weighted by Crippen LogP contribution is -2.26. The van der Waals surface area contributed by atoms with Crippen LogP contribution >= 0.6 is 23.1 Å². The Hall–Kier alpha value is -1.77. The smallest absolute Gasteiger partial charge is 0.176 e. The molecule has 0 amide bonds. The third kappa shape index (κ3) is 3.35. The van der Waals surface area contributed by atoms with Crippen molar-refractivity contribution in [3.8, 4) is 0 Å². The molecule has 0 saturated carbocycles. The van der Waals surface area contributed by atoms with Crippen LogP contribution in [0.4, 0.5) is 5.82 Å². The summed E-state index contributed by atoms with van der Waals surface area (Å²) in [5.41, 5.74) is 2.09. The Labute approximate surface area is 148 Å². The van der Waals surface area contributed by atoms with E-state index in [1.165, 1.54) is 5.56 Å². The van der Waals surface area contributed by atoms with E-state index >= 15 is 0 Å². The Balaban J connectivity index is 1.44. The van der Waals surface area contributed by atoms with Crippen molar-refractivity contribution in [3.63, 3.8) is 0 Å². The van der Waals surface area contributed by atoms with Crippen molar-refractivity contribution in [1.29, 1.82) is 0 Å². The zero-order valence-corrected chi connectivity index (χ0v) is 15.0. The molecule has 8 heteroatoms. The van der Waals surface area contributed by atoms with E-state index in [1.54, 1.807) is 29.4 Å².